The molecule has 0 spiro atoms. The van der Waals surface area contributed by atoms with Crippen LogP contribution in [0.3, 0.4) is 0 Å². The predicted molar refractivity (Wildman–Crippen MR) is 57.5 cm³/mol. The quantitative estimate of drug-likeness (QED) is 0.820. The summed E-state index contributed by atoms with van der Waals surface area (Å²) in [6.07, 6.45) is 1.94. The largest absolute Gasteiger partial charge is 0.492 e. The second kappa shape index (κ2) is 3.84. The number of hydrogen-bond donors (Lipinski definition) is 1. The molecule has 0 amide bonds. The summed E-state index contributed by atoms with van der Waals surface area (Å²) >= 11 is 0. The second-order valence-corrected chi connectivity index (χ2v) is 4.12. The highest BCUT2D eigenvalue weighted by molar-refractivity contribution is 5.45. The Morgan fingerprint density at radius 3 is 2.19 bits per heavy atom. The molecule has 0 atom stereocenters. The van der Waals surface area contributed by atoms with Crippen LogP contribution >= 0.6 is 0 Å². The third-order valence-corrected chi connectivity index (χ3v) is 2.58. The van der Waals surface area contributed by atoms with E-state index in [-0.39, 0.29) is 5.54 Å². The first-order chi connectivity index (χ1) is 7.65. The summed E-state index contributed by atoms with van der Waals surface area (Å²) in [4.78, 5) is 0. The van der Waals surface area contributed by atoms with E-state index < -0.39 is 0 Å². The Labute approximate surface area is 93.9 Å². The SMILES string of the molecule is N#Cc1cc(C#N)cc(OCC2(N)CC2)c1. The number of nitriles is 2. The van der Waals surface area contributed by atoms with Gasteiger partial charge in [0.1, 0.15) is 12.4 Å². The summed E-state index contributed by atoms with van der Waals surface area (Å²) in [6.45, 7) is 0.437. The molecule has 0 unspecified atom stereocenters. The fraction of sp³-hybridized carbons (Fsp3) is 0.333. The number of benzene rings is 1. The molecule has 0 saturated heterocycles. The maximum absolute atomic E-state index is 8.78. The minimum Gasteiger partial charge on any atom is -0.492 e. The Hall–Kier alpha value is -2.04. The van der Waals surface area contributed by atoms with Crippen molar-refractivity contribution in [2.45, 2.75) is 18.4 Å². The van der Waals surface area contributed by atoms with Gasteiger partial charge in [0.05, 0.1) is 28.8 Å². The molecule has 2 N–H and O–H groups in total. The highest BCUT2D eigenvalue weighted by atomic mass is 16.5. The van der Waals surface area contributed by atoms with E-state index in [1.807, 2.05) is 12.1 Å². The lowest BCUT2D eigenvalue weighted by Gasteiger charge is -2.11. The molecule has 0 aromatic heterocycles. The van der Waals surface area contributed by atoms with Crippen molar-refractivity contribution in [3.63, 3.8) is 0 Å². The van der Waals surface area contributed by atoms with Crippen molar-refractivity contribution in [2.75, 3.05) is 6.61 Å². The van der Waals surface area contributed by atoms with E-state index >= 15 is 0 Å². The standard InChI is InChI=1S/C12H11N3O/c13-6-9-3-10(7-14)5-11(4-9)16-8-12(15)1-2-12/h3-5H,1-2,8,15H2. The van der Waals surface area contributed by atoms with Crippen molar-refractivity contribution >= 4 is 0 Å². The summed E-state index contributed by atoms with van der Waals surface area (Å²) in [5.74, 6) is 0.535. The first kappa shape index (κ1) is 10.5. The van der Waals surface area contributed by atoms with Crippen LogP contribution in [-0.4, -0.2) is 12.1 Å². The van der Waals surface area contributed by atoms with E-state index in [0.29, 0.717) is 23.5 Å². The third kappa shape index (κ3) is 2.31. The molecule has 1 aliphatic carbocycles. The highest BCUT2D eigenvalue weighted by Gasteiger charge is 2.39. The first-order valence-electron chi connectivity index (χ1n) is 5.02. The zero-order chi connectivity index (χ0) is 11.6. The fourth-order valence-corrected chi connectivity index (χ4v) is 1.34. The van der Waals surface area contributed by atoms with Crippen LogP contribution in [0.1, 0.15) is 24.0 Å². The van der Waals surface area contributed by atoms with Gasteiger partial charge in [-0.2, -0.15) is 10.5 Å². The molecule has 0 aliphatic heterocycles. The molecule has 1 aliphatic rings. The molecule has 1 fully saturated rings. The van der Waals surface area contributed by atoms with Crippen molar-refractivity contribution < 1.29 is 4.74 Å². The van der Waals surface area contributed by atoms with Crippen LogP contribution in [0.15, 0.2) is 18.2 Å². The monoisotopic (exact) mass is 213 g/mol. The van der Waals surface area contributed by atoms with E-state index in [9.17, 15) is 0 Å². The fourth-order valence-electron chi connectivity index (χ4n) is 1.34. The first-order valence-corrected chi connectivity index (χ1v) is 5.02. The van der Waals surface area contributed by atoms with Gasteiger partial charge in [-0.3, -0.25) is 0 Å². The van der Waals surface area contributed by atoms with Gasteiger partial charge in [-0.1, -0.05) is 0 Å². The molecule has 0 heterocycles. The van der Waals surface area contributed by atoms with Crippen molar-refractivity contribution in [3.8, 4) is 17.9 Å². The summed E-state index contributed by atoms with van der Waals surface area (Å²) in [7, 11) is 0. The van der Waals surface area contributed by atoms with E-state index in [1.54, 1.807) is 12.1 Å². The Morgan fingerprint density at radius 2 is 1.75 bits per heavy atom. The van der Waals surface area contributed by atoms with E-state index in [4.69, 9.17) is 21.0 Å². The topological polar surface area (TPSA) is 82.8 Å². The molecular formula is C12H11N3O. The molecule has 4 nitrogen and oxygen atoms in total. The maximum atomic E-state index is 8.78. The van der Waals surface area contributed by atoms with Crippen LogP contribution in [0, 0.1) is 22.7 Å². The lowest BCUT2D eigenvalue weighted by Crippen LogP contribution is -2.29. The lowest BCUT2D eigenvalue weighted by molar-refractivity contribution is 0.279. The number of ether oxygens (including phenoxy) is 1. The summed E-state index contributed by atoms with van der Waals surface area (Å²) in [5, 5.41) is 17.6. The zero-order valence-electron chi connectivity index (χ0n) is 8.73. The maximum Gasteiger partial charge on any atom is 0.122 e. The van der Waals surface area contributed by atoms with Crippen LogP contribution in [0.2, 0.25) is 0 Å². The smallest absolute Gasteiger partial charge is 0.122 e. The van der Waals surface area contributed by atoms with Gasteiger partial charge >= 0.3 is 0 Å². The molecule has 0 radical (unpaired) electrons. The Balaban J connectivity index is 2.14. The summed E-state index contributed by atoms with van der Waals surface area (Å²) in [5.41, 5.74) is 6.54. The van der Waals surface area contributed by atoms with E-state index in [2.05, 4.69) is 0 Å². The zero-order valence-corrected chi connectivity index (χ0v) is 8.73. The second-order valence-electron chi connectivity index (χ2n) is 4.12. The molecule has 1 aromatic carbocycles. The Morgan fingerprint density at radius 1 is 1.19 bits per heavy atom. The summed E-state index contributed by atoms with van der Waals surface area (Å²) < 4.78 is 5.49. The Bertz CT molecular complexity index is 460. The third-order valence-electron chi connectivity index (χ3n) is 2.58. The molecule has 4 heteroatoms. The molecule has 2 rings (SSSR count). The van der Waals surface area contributed by atoms with Crippen molar-refractivity contribution in [3.05, 3.63) is 29.3 Å². The van der Waals surface area contributed by atoms with E-state index in [1.165, 1.54) is 6.07 Å². The minimum absolute atomic E-state index is 0.199. The molecule has 1 saturated carbocycles. The van der Waals surface area contributed by atoms with E-state index in [0.717, 1.165) is 12.8 Å². The van der Waals surface area contributed by atoms with Crippen LogP contribution in [0.4, 0.5) is 0 Å². The molecule has 80 valence electrons. The van der Waals surface area contributed by atoms with Crippen LogP contribution in [0.25, 0.3) is 0 Å². The highest BCUT2D eigenvalue weighted by Crippen LogP contribution is 2.32. The normalized spacial score (nSPS) is 15.9. The van der Waals surface area contributed by atoms with Crippen LogP contribution in [0.5, 0.6) is 5.75 Å². The van der Waals surface area contributed by atoms with Gasteiger partial charge in [0.2, 0.25) is 0 Å². The average molecular weight is 213 g/mol. The van der Waals surface area contributed by atoms with Crippen molar-refractivity contribution in [1.82, 2.24) is 0 Å². The molecule has 16 heavy (non-hydrogen) atoms. The minimum atomic E-state index is -0.199. The number of nitrogens with zero attached hydrogens (tertiary/aromatic N) is 2. The molecular weight excluding hydrogens is 202 g/mol. The van der Waals surface area contributed by atoms with Gasteiger partial charge in [0, 0.05) is 0 Å². The van der Waals surface area contributed by atoms with Gasteiger partial charge in [-0.25, -0.2) is 0 Å². The predicted octanol–water partition coefficient (Wildman–Crippen LogP) is 1.30. The summed E-state index contributed by atoms with van der Waals surface area (Å²) in [6, 6.07) is 8.75. The number of nitrogens with two attached hydrogens (primary N) is 1. The number of hydrogen-bond acceptors (Lipinski definition) is 4. The van der Waals surface area contributed by atoms with Crippen molar-refractivity contribution in [2.24, 2.45) is 5.73 Å². The van der Waals surface area contributed by atoms with Gasteiger partial charge in [0.15, 0.2) is 0 Å². The van der Waals surface area contributed by atoms with Crippen LogP contribution < -0.4 is 10.5 Å². The average Bonchev–Trinajstić information content (AvgIpc) is 3.05. The van der Waals surface area contributed by atoms with Gasteiger partial charge in [0.25, 0.3) is 0 Å². The van der Waals surface area contributed by atoms with Gasteiger partial charge in [-0.15, -0.1) is 0 Å². The molecule has 1 aromatic rings. The molecule has 0 bridgehead atoms. The lowest BCUT2D eigenvalue weighted by atomic mass is 10.1. The van der Waals surface area contributed by atoms with Gasteiger partial charge in [-0.05, 0) is 31.0 Å². The van der Waals surface area contributed by atoms with Crippen molar-refractivity contribution in [1.29, 1.82) is 10.5 Å². The van der Waals surface area contributed by atoms with Crippen LogP contribution in [-0.2, 0) is 0 Å². The number of rotatable bonds is 3. The van der Waals surface area contributed by atoms with Gasteiger partial charge < -0.3 is 10.5 Å². The Kier molecular flexibility index (Phi) is 2.52.